The highest BCUT2D eigenvalue weighted by Gasteiger charge is 2.15. The maximum atomic E-state index is 11.7. The van der Waals surface area contributed by atoms with Crippen LogP contribution in [0, 0.1) is 0 Å². The number of benzene rings is 1. The third-order valence-corrected chi connectivity index (χ3v) is 2.43. The summed E-state index contributed by atoms with van der Waals surface area (Å²) in [6.07, 6.45) is 1.68. The summed E-state index contributed by atoms with van der Waals surface area (Å²) in [7, 11) is 0. The lowest BCUT2D eigenvalue weighted by atomic mass is 10.0. The van der Waals surface area contributed by atoms with Crippen molar-refractivity contribution in [2.75, 3.05) is 6.61 Å². The monoisotopic (exact) mass is 240 g/mol. The van der Waals surface area contributed by atoms with Crippen LogP contribution in [0.1, 0.15) is 29.3 Å². The fraction of sp³-hybridized carbons (Fsp3) is 0.333. The van der Waals surface area contributed by atoms with Crippen molar-refractivity contribution in [2.24, 2.45) is 0 Å². The number of rotatable bonds is 5. The summed E-state index contributed by atoms with van der Waals surface area (Å²) in [5.74, 6) is -0.436. The summed E-state index contributed by atoms with van der Waals surface area (Å²) < 4.78 is 4.92. The summed E-state index contributed by atoms with van der Waals surface area (Å²) in [6, 6.07) is 5.17. The van der Waals surface area contributed by atoms with Gasteiger partial charge in [-0.15, -0.1) is 0 Å². The van der Waals surface area contributed by atoms with E-state index >= 15 is 0 Å². The second kappa shape index (κ2) is 6.28. The number of carbonyl (C=O) groups is 2. The summed E-state index contributed by atoms with van der Waals surface area (Å²) in [4.78, 5) is 22.0. The molecule has 0 aromatic heterocycles. The van der Waals surface area contributed by atoms with Crippen LogP contribution in [-0.2, 0) is 16.0 Å². The first-order valence-electron chi connectivity index (χ1n) is 5.08. The van der Waals surface area contributed by atoms with Gasteiger partial charge in [0, 0.05) is 6.42 Å². The summed E-state index contributed by atoms with van der Waals surface area (Å²) >= 11 is 5.95. The molecule has 0 aliphatic heterocycles. The number of esters is 1. The first-order chi connectivity index (χ1) is 7.70. The highest BCUT2D eigenvalue weighted by atomic mass is 35.5. The molecule has 3 nitrogen and oxygen atoms in total. The van der Waals surface area contributed by atoms with Gasteiger partial charge in [-0.25, -0.2) is 4.79 Å². The number of aryl methyl sites for hydroxylation is 1. The molecule has 0 unspecified atom stereocenters. The van der Waals surface area contributed by atoms with Crippen molar-refractivity contribution in [2.45, 2.75) is 19.8 Å². The molecule has 0 atom stereocenters. The minimum atomic E-state index is -0.436. The van der Waals surface area contributed by atoms with Crippen LogP contribution >= 0.6 is 11.6 Å². The molecule has 1 rings (SSSR count). The molecule has 0 saturated carbocycles. The Hall–Kier alpha value is -1.35. The molecule has 0 radical (unpaired) electrons. The van der Waals surface area contributed by atoms with Crippen LogP contribution < -0.4 is 0 Å². The van der Waals surface area contributed by atoms with Crippen molar-refractivity contribution in [3.05, 3.63) is 34.3 Å². The van der Waals surface area contributed by atoms with Crippen molar-refractivity contribution >= 4 is 23.9 Å². The van der Waals surface area contributed by atoms with Gasteiger partial charge >= 0.3 is 5.97 Å². The number of carbonyl (C=O) groups excluding carboxylic acids is 2. The Bertz CT molecular complexity index is 388. The van der Waals surface area contributed by atoms with Gasteiger partial charge in [0.1, 0.15) is 6.29 Å². The van der Waals surface area contributed by atoms with Crippen LogP contribution in [0.3, 0.4) is 0 Å². The third-order valence-electron chi connectivity index (χ3n) is 2.11. The molecule has 0 amide bonds. The Kier molecular flexibility index (Phi) is 4.99. The third kappa shape index (κ3) is 3.07. The zero-order valence-electron chi connectivity index (χ0n) is 9.03. The molecule has 0 fully saturated rings. The van der Waals surface area contributed by atoms with Gasteiger partial charge in [-0.3, -0.25) is 0 Å². The van der Waals surface area contributed by atoms with E-state index in [9.17, 15) is 9.59 Å². The largest absolute Gasteiger partial charge is 0.462 e. The van der Waals surface area contributed by atoms with E-state index in [1.807, 2.05) is 0 Å². The maximum Gasteiger partial charge on any atom is 0.339 e. The highest BCUT2D eigenvalue weighted by molar-refractivity contribution is 6.33. The Labute approximate surface area is 99.4 Å². The number of halogens is 1. The molecule has 0 heterocycles. The van der Waals surface area contributed by atoms with E-state index in [1.165, 1.54) is 0 Å². The molecular weight excluding hydrogens is 228 g/mol. The lowest BCUT2D eigenvalue weighted by Gasteiger charge is -2.09. The fourth-order valence-electron chi connectivity index (χ4n) is 1.42. The van der Waals surface area contributed by atoms with Gasteiger partial charge in [0.15, 0.2) is 0 Å². The van der Waals surface area contributed by atoms with Gasteiger partial charge in [-0.05, 0) is 25.0 Å². The Morgan fingerprint density at radius 1 is 1.50 bits per heavy atom. The van der Waals surface area contributed by atoms with Crippen LogP contribution in [0.15, 0.2) is 18.2 Å². The smallest absolute Gasteiger partial charge is 0.339 e. The summed E-state index contributed by atoms with van der Waals surface area (Å²) in [5.41, 5.74) is 1.12. The number of aldehydes is 1. The molecule has 0 aliphatic carbocycles. The van der Waals surface area contributed by atoms with Crippen molar-refractivity contribution < 1.29 is 14.3 Å². The molecule has 86 valence electrons. The second-order valence-corrected chi connectivity index (χ2v) is 3.61. The molecular formula is C12H13ClO3. The zero-order valence-corrected chi connectivity index (χ0v) is 9.79. The fourth-order valence-corrected chi connectivity index (χ4v) is 1.69. The van der Waals surface area contributed by atoms with E-state index in [4.69, 9.17) is 16.3 Å². The minimum absolute atomic E-state index is 0.303. The summed E-state index contributed by atoms with van der Waals surface area (Å²) in [6.45, 7) is 2.04. The Morgan fingerprint density at radius 3 is 2.88 bits per heavy atom. The van der Waals surface area contributed by atoms with E-state index in [0.29, 0.717) is 30.0 Å². The molecule has 16 heavy (non-hydrogen) atoms. The van der Waals surface area contributed by atoms with E-state index in [1.54, 1.807) is 25.1 Å². The maximum absolute atomic E-state index is 11.7. The van der Waals surface area contributed by atoms with Gasteiger partial charge in [0.05, 0.1) is 17.2 Å². The van der Waals surface area contributed by atoms with Crippen molar-refractivity contribution in [1.29, 1.82) is 0 Å². The molecule has 0 bridgehead atoms. The van der Waals surface area contributed by atoms with Crippen molar-refractivity contribution in [1.82, 2.24) is 0 Å². The van der Waals surface area contributed by atoms with Crippen LogP contribution in [0.25, 0.3) is 0 Å². The van der Waals surface area contributed by atoms with Gasteiger partial charge in [-0.2, -0.15) is 0 Å². The van der Waals surface area contributed by atoms with E-state index in [2.05, 4.69) is 0 Å². The molecule has 0 spiro atoms. The lowest BCUT2D eigenvalue weighted by Crippen LogP contribution is -2.09. The SMILES string of the molecule is CCOC(=O)c1c(Cl)cccc1CCC=O. The van der Waals surface area contributed by atoms with Crippen LogP contribution in [-0.4, -0.2) is 18.9 Å². The van der Waals surface area contributed by atoms with Gasteiger partial charge < -0.3 is 9.53 Å². The number of hydrogen-bond acceptors (Lipinski definition) is 3. The van der Waals surface area contributed by atoms with E-state index in [0.717, 1.165) is 11.8 Å². The van der Waals surface area contributed by atoms with Crippen molar-refractivity contribution in [3.8, 4) is 0 Å². The second-order valence-electron chi connectivity index (χ2n) is 3.20. The van der Waals surface area contributed by atoms with Gasteiger partial charge in [0.2, 0.25) is 0 Å². The number of hydrogen-bond donors (Lipinski definition) is 0. The average Bonchev–Trinajstić information content (AvgIpc) is 2.26. The lowest BCUT2D eigenvalue weighted by molar-refractivity contribution is -0.107. The van der Waals surface area contributed by atoms with Gasteiger partial charge in [0.25, 0.3) is 0 Å². The Morgan fingerprint density at radius 2 is 2.25 bits per heavy atom. The molecule has 0 saturated heterocycles. The predicted octanol–water partition coefficient (Wildman–Crippen LogP) is 2.65. The normalized spacial score (nSPS) is 9.88. The predicted molar refractivity (Wildman–Crippen MR) is 61.8 cm³/mol. The first kappa shape index (κ1) is 12.7. The van der Waals surface area contributed by atoms with E-state index < -0.39 is 5.97 Å². The molecule has 1 aromatic rings. The van der Waals surface area contributed by atoms with Crippen LogP contribution in [0.2, 0.25) is 5.02 Å². The average molecular weight is 241 g/mol. The topological polar surface area (TPSA) is 43.4 Å². The van der Waals surface area contributed by atoms with Gasteiger partial charge in [-0.1, -0.05) is 23.7 Å². The number of ether oxygens (including phenoxy) is 1. The highest BCUT2D eigenvalue weighted by Crippen LogP contribution is 2.22. The molecule has 0 aliphatic rings. The van der Waals surface area contributed by atoms with E-state index in [-0.39, 0.29) is 0 Å². The zero-order chi connectivity index (χ0) is 12.0. The minimum Gasteiger partial charge on any atom is -0.462 e. The summed E-state index contributed by atoms with van der Waals surface area (Å²) in [5, 5.41) is 0.363. The first-order valence-corrected chi connectivity index (χ1v) is 5.46. The van der Waals surface area contributed by atoms with Crippen LogP contribution in [0.5, 0.6) is 0 Å². The molecule has 1 aromatic carbocycles. The quantitative estimate of drug-likeness (QED) is 0.587. The van der Waals surface area contributed by atoms with Crippen molar-refractivity contribution in [3.63, 3.8) is 0 Å². The standard InChI is InChI=1S/C12H13ClO3/c1-2-16-12(15)11-9(6-4-8-14)5-3-7-10(11)13/h3,5,7-8H,2,4,6H2,1H3. The van der Waals surface area contributed by atoms with Crippen LogP contribution in [0.4, 0.5) is 0 Å². The Balaban J connectivity index is 3.02. The molecule has 0 N–H and O–H groups in total. The molecule has 4 heteroatoms.